The van der Waals surface area contributed by atoms with E-state index in [1.165, 1.54) is 11.3 Å². The van der Waals surface area contributed by atoms with Crippen LogP contribution in [0, 0.1) is 0 Å². The van der Waals surface area contributed by atoms with Crippen LogP contribution in [0.3, 0.4) is 0 Å². The van der Waals surface area contributed by atoms with E-state index in [4.69, 9.17) is 18.9 Å². The molecule has 0 aliphatic carbocycles. The first-order valence-electron chi connectivity index (χ1n) is 12.5. The second-order valence-corrected chi connectivity index (χ2v) is 10.5. The zero-order valence-electron chi connectivity index (χ0n) is 22.4. The van der Waals surface area contributed by atoms with E-state index >= 15 is 0 Å². The number of esters is 1. The Morgan fingerprint density at radius 3 is 2.50 bits per heavy atom. The summed E-state index contributed by atoms with van der Waals surface area (Å²) in [6.07, 6.45) is 5.07. The quantitative estimate of drug-likeness (QED) is 0.227. The van der Waals surface area contributed by atoms with Gasteiger partial charge in [-0.3, -0.25) is 9.36 Å². The summed E-state index contributed by atoms with van der Waals surface area (Å²) in [5.41, 5.74) is 1.98. The van der Waals surface area contributed by atoms with Crippen molar-refractivity contribution in [2.45, 2.75) is 19.9 Å². The van der Waals surface area contributed by atoms with Gasteiger partial charge in [-0.25, -0.2) is 9.79 Å². The summed E-state index contributed by atoms with van der Waals surface area (Å²) in [5.74, 6) is 1.18. The number of hydrogen-bond donors (Lipinski definition) is 0. The Bertz CT molecular complexity index is 1650. The summed E-state index contributed by atoms with van der Waals surface area (Å²) in [4.78, 5) is 32.1. The first-order chi connectivity index (χ1) is 19.3. The number of benzene rings is 2. The molecule has 0 fully saturated rings. The minimum Gasteiger partial charge on any atom is -0.493 e. The van der Waals surface area contributed by atoms with Gasteiger partial charge in [-0.05, 0) is 71.2 Å². The topological polar surface area (TPSA) is 88.4 Å². The molecule has 0 unspecified atom stereocenters. The first kappa shape index (κ1) is 29.1. The lowest BCUT2D eigenvalue weighted by molar-refractivity contribution is -0.139. The van der Waals surface area contributed by atoms with Crippen molar-refractivity contribution in [3.05, 3.63) is 108 Å². The second kappa shape index (κ2) is 13.0. The van der Waals surface area contributed by atoms with Gasteiger partial charge in [0, 0.05) is 0 Å². The molecule has 10 heteroatoms. The highest BCUT2D eigenvalue weighted by molar-refractivity contribution is 9.10. The predicted octanol–water partition coefficient (Wildman–Crippen LogP) is 4.70. The molecule has 4 rings (SSSR count). The fourth-order valence-electron chi connectivity index (χ4n) is 4.27. The van der Waals surface area contributed by atoms with Gasteiger partial charge in [0.2, 0.25) is 0 Å². The van der Waals surface area contributed by atoms with Crippen LogP contribution in [-0.2, 0) is 9.53 Å². The molecule has 0 amide bonds. The highest BCUT2D eigenvalue weighted by Gasteiger charge is 2.33. The van der Waals surface area contributed by atoms with Crippen LogP contribution in [0.25, 0.3) is 6.08 Å². The number of aromatic nitrogens is 1. The van der Waals surface area contributed by atoms with Crippen LogP contribution in [0.15, 0.2) is 87.2 Å². The van der Waals surface area contributed by atoms with Crippen LogP contribution >= 0.6 is 27.3 Å². The number of thiazole rings is 1. The lowest BCUT2D eigenvalue weighted by atomic mass is 9.96. The van der Waals surface area contributed by atoms with Gasteiger partial charge >= 0.3 is 5.97 Å². The van der Waals surface area contributed by atoms with E-state index < -0.39 is 12.0 Å². The van der Waals surface area contributed by atoms with Gasteiger partial charge in [-0.1, -0.05) is 48.8 Å². The van der Waals surface area contributed by atoms with Gasteiger partial charge in [-0.2, -0.15) is 0 Å². The fourth-order valence-corrected chi connectivity index (χ4v) is 5.89. The minimum atomic E-state index is -0.721. The molecule has 0 saturated carbocycles. The van der Waals surface area contributed by atoms with Crippen molar-refractivity contribution in [3.8, 4) is 17.2 Å². The van der Waals surface area contributed by atoms with Crippen molar-refractivity contribution in [2.24, 2.45) is 4.99 Å². The number of fused-ring (bicyclic) bond motifs is 1. The summed E-state index contributed by atoms with van der Waals surface area (Å²) in [5, 5.41) is 0. The Kier molecular flexibility index (Phi) is 9.44. The molecule has 1 aliphatic heterocycles. The first-order valence-corrected chi connectivity index (χ1v) is 14.1. The minimum absolute atomic E-state index is 0.199. The molecule has 2 aromatic carbocycles. The largest absolute Gasteiger partial charge is 0.493 e. The number of hydrogen-bond acceptors (Lipinski definition) is 8. The molecule has 208 valence electrons. The van der Waals surface area contributed by atoms with E-state index in [-0.39, 0.29) is 12.2 Å². The Balaban J connectivity index is 1.86. The number of rotatable bonds is 11. The van der Waals surface area contributed by atoms with Crippen molar-refractivity contribution >= 4 is 39.3 Å². The maximum Gasteiger partial charge on any atom is 0.338 e. The number of halogens is 1. The molecule has 1 aromatic heterocycles. The second-order valence-electron chi connectivity index (χ2n) is 8.60. The summed E-state index contributed by atoms with van der Waals surface area (Å²) >= 11 is 4.78. The van der Waals surface area contributed by atoms with Crippen molar-refractivity contribution < 1.29 is 23.7 Å². The molecule has 1 aliphatic rings. The molecule has 3 aromatic rings. The van der Waals surface area contributed by atoms with E-state index in [9.17, 15) is 9.59 Å². The van der Waals surface area contributed by atoms with E-state index in [2.05, 4.69) is 34.1 Å². The smallest absolute Gasteiger partial charge is 0.338 e. The van der Waals surface area contributed by atoms with Gasteiger partial charge in [-0.15, -0.1) is 0 Å². The number of allylic oxidation sites excluding steroid dienone is 1. The summed E-state index contributed by atoms with van der Waals surface area (Å²) < 4.78 is 24.9. The molecule has 0 N–H and O–H groups in total. The van der Waals surface area contributed by atoms with Crippen LogP contribution in [0.2, 0.25) is 0 Å². The van der Waals surface area contributed by atoms with Crippen LogP contribution < -0.4 is 29.1 Å². The molecular formula is C30H29BrN2O6S. The van der Waals surface area contributed by atoms with Crippen LogP contribution in [0.4, 0.5) is 0 Å². The van der Waals surface area contributed by atoms with Crippen molar-refractivity contribution in [1.29, 1.82) is 0 Å². The summed E-state index contributed by atoms with van der Waals surface area (Å²) in [7, 11) is 1.55. The molecular weight excluding hydrogens is 596 g/mol. The average molecular weight is 626 g/mol. The molecule has 0 saturated heterocycles. The molecule has 8 nitrogen and oxygen atoms in total. The summed E-state index contributed by atoms with van der Waals surface area (Å²) in [6.45, 7) is 11.7. The van der Waals surface area contributed by atoms with Crippen LogP contribution in [0.5, 0.6) is 17.2 Å². The van der Waals surface area contributed by atoms with Gasteiger partial charge < -0.3 is 18.9 Å². The number of carbonyl (C=O) groups is 1. The van der Waals surface area contributed by atoms with Gasteiger partial charge in [0.25, 0.3) is 5.56 Å². The maximum absolute atomic E-state index is 13.9. The standard InChI is InChI=1S/C30H29BrN2O6S/c1-6-13-38-21-11-9-20(10-12-21)26-25(29(35)37-8-3)18(4)32-30-33(26)28(34)24(40-30)17-19-15-22(31)27(39-14-7-2)23(16-19)36-5/h6-7,9-12,15-17,26H,1-2,8,13-14H2,3-5H3/b24-17-/t26-/m0/s1. The monoisotopic (exact) mass is 624 g/mol. The number of nitrogens with zero attached hydrogens (tertiary/aromatic N) is 2. The van der Waals surface area contributed by atoms with Crippen molar-refractivity contribution in [3.63, 3.8) is 0 Å². The van der Waals surface area contributed by atoms with Gasteiger partial charge in [0.15, 0.2) is 16.3 Å². The molecule has 1 atom stereocenters. The average Bonchev–Trinajstić information content (AvgIpc) is 3.24. The van der Waals surface area contributed by atoms with Crippen LogP contribution in [0.1, 0.15) is 31.0 Å². The third-order valence-electron chi connectivity index (χ3n) is 5.98. The van der Waals surface area contributed by atoms with E-state index in [1.54, 1.807) is 62.0 Å². The maximum atomic E-state index is 13.9. The lowest BCUT2D eigenvalue weighted by Gasteiger charge is -2.24. The van der Waals surface area contributed by atoms with E-state index in [0.29, 0.717) is 55.5 Å². The lowest BCUT2D eigenvalue weighted by Crippen LogP contribution is -2.39. The Labute approximate surface area is 244 Å². The van der Waals surface area contributed by atoms with Crippen molar-refractivity contribution in [1.82, 2.24) is 4.57 Å². The fraction of sp³-hybridized carbons (Fsp3) is 0.233. The zero-order valence-corrected chi connectivity index (χ0v) is 24.8. The zero-order chi connectivity index (χ0) is 28.8. The van der Waals surface area contributed by atoms with E-state index in [0.717, 1.165) is 11.1 Å². The highest BCUT2D eigenvalue weighted by atomic mass is 79.9. The van der Waals surface area contributed by atoms with Gasteiger partial charge in [0.05, 0.1) is 40.0 Å². The van der Waals surface area contributed by atoms with Gasteiger partial charge in [0.1, 0.15) is 19.0 Å². The molecule has 40 heavy (non-hydrogen) atoms. The Morgan fingerprint density at radius 1 is 1.15 bits per heavy atom. The SMILES string of the molecule is C=CCOc1ccc([C@H]2C(C(=O)OCC)=C(C)N=c3s/c(=C\c4cc(Br)c(OCC=C)c(OC)c4)c(=O)n32)cc1. The van der Waals surface area contributed by atoms with Crippen molar-refractivity contribution in [2.75, 3.05) is 26.9 Å². The normalized spacial score (nSPS) is 14.7. The van der Waals surface area contributed by atoms with Crippen LogP contribution in [-0.4, -0.2) is 37.5 Å². The number of methoxy groups -OCH3 is 1. The molecule has 2 heterocycles. The third kappa shape index (κ3) is 5.97. The molecule has 0 bridgehead atoms. The predicted molar refractivity (Wildman–Crippen MR) is 159 cm³/mol. The highest BCUT2D eigenvalue weighted by Crippen LogP contribution is 2.37. The Morgan fingerprint density at radius 2 is 1.85 bits per heavy atom. The van der Waals surface area contributed by atoms with E-state index in [1.807, 2.05) is 18.2 Å². The Hall–Kier alpha value is -3.89. The number of ether oxygens (including phenoxy) is 4. The molecule has 0 spiro atoms. The third-order valence-corrected chi connectivity index (χ3v) is 7.55. The molecule has 0 radical (unpaired) electrons. The summed E-state index contributed by atoms with van der Waals surface area (Å²) in [6, 6.07) is 10.2. The number of carbonyl (C=O) groups excluding carboxylic acids is 1.